The van der Waals surface area contributed by atoms with Crippen molar-refractivity contribution in [1.82, 2.24) is 14.8 Å². The van der Waals surface area contributed by atoms with Crippen LogP contribution < -0.4 is 0 Å². The van der Waals surface area contributed by atoms with Gasteiger partial charge in [0.1, 0.15) is 16.2 Å². The van der Waals surface area contributed by atoms with Crippen LogP contribution in [0.5, 0.6) is 0 Å². The molecule has 0 saturated heterocycles. The smallest absolute Gasteiger partial charge is 0.208 e. The molecule has 96 valence electrons. The Kier molecular flexibility index (Phi) is 4.03. The number of thioether (sulfide) groups is 1. The van der Waals surface area contributed by atoms with E-state index in [1.807, 2.05) is 30.3 Å². The van der Waals surface area contributed by atoms with E-state index in [1.165, 1.54) is 18.0 Å². The van der Waals surface area contributed by atoms with Gasteiger partial charge in [0.25, 0.3) is 0 Å². The molecule has 0 unspecified atom stereocenters. The van der Waals surface area contributed by atoms with Gasteiger partial charge in [-0.15, -0.1) is 5.10 Å². The number of para-hydroxylation sites is 1. The van der Waals surface area contributed by atoms with Crippen molar-refractivity contribution in [2.24, 2.45) is 0 Å². The Morgan fingerprint density at radius 1 is 1.28 bits per heavy atom. The van der Waals surface area contributed by atoms with Crippen LogP contribution in [0.1, 0.15) is 0 Å². The van der Waals surface area contributed by atoms with E-state index in [9.17, 15) is 8.42 Å². The Bertz CT molecular complexity index is 608. The topological polar surface area (TPSA) is 64.8 Å². The Balaban J connectivity index is 1.99. The quantitative estimate of drug-likeness (QED) is 0.776. The van der Waals surface area contributed by atoms with Gasteiger partial charge in [0, 0.05) is 12.0 Å². The van der Waals surface area contributed by atoms with E-state index in [0.717, 1.165) is 5.69 Å². The highest BCUT2D eigenvalue weighted by molar-refractivity contribution is 8.00. The zero-order chi connectivity index (χ0) is 13.0. The monoisotopic (exact) mass is 283 g/mol. The average Bonchev–Trinajstić information content (AvgIpc) is 2.77. The summed E-state index contributed by atoms with van der Waals surface area (Å²) in [4.78, 5) is 4.13. The fraction of sp³-hybridized carbons (Fsp3) is 0.273. The molecule has 7 heteroatoms. The minimum atomic E-state index is -2.92. The molecule has 0 bridgehead atoms. The Morgan fingerprint density at radius 2 is 2.00 bits per heavy atom. The number of benzene rings is 1. The summed E-state index contributed by atoms with van der Waals surface area (Å²) in [5.41, 5.74) is 0.931. The first-order valence-corrected chi connectivity index (χ1v) is 8.37. The lowest BCUT2D eigenvalue weighted by Gasteiger charge is -1.98. The molecule has 0 fully saturated rings. The second-order valence-electron chi connectivity index (χ2n) is 3.79. The summed E-state index contributed by atoms with van der Waals surface area (Å²) in [6.45, 7) is 0. The van der Waals surface area contributed by atoms with Crippen LogP contribution in [0.4, 0.5) is 0 Å². The van der Waals surface area contributed by atoms with Gasteiger partial charge in [-0.25, -0.2) is 18.1 Å². The molecule has 0 aliphatic carbocycles. The first kappa shape index (κ1) is 13.1. The van der Waals surface area contributed by atoms with Crippen molar-refractivity contribution in [3.05, 3.63) is 36.7 Å². The average molecular weight is 283 g/mol. The maximum Gasteiger partial charge on any atom is 0.208 e. The lowest BCUT2D eigenvalue weighted by atomic mass is 10.3. The Hall–Kier alpha value is -1.34. The van der Waals surface area contributed by atoms with Crippen LogP contribution in [-0.4, -0.2) is 40.9 Å². The number of hydrogen-bond donors (Lipinski definition) is 0. The van der Waals surface area contributed by atoms with E-state index < -0.39 is 9.84 Å². The van der Waals surface area contributed by atoms with Crippen molar-refractivity contribution >= 4 is 21.6 Å². The standard InChI is InChI=1S/C11H13N3O2S2/c1-18(15,16)8-7-17-11-12-9-14(13-11)10-5-3-2-4-6-10/h2-6,9H,7-8H2,1H3. The van der Waals surface area contributed by atoms with Crippen LogP contribution in [0.3, 0.4) is 0 Å². The second-order valence-corrected chi connectivity index (χ2v) is 7.11. The predicted molar refractivity (Wildman–Crippen MR) is 71.8 cm³/mol. The molecule has 1 aromatic heterocycles. The number of rotatable bonds is 5. The molecule has 5 nitrogen and oxygen atoms in total. The van der Waals surface area contributed by atoms with Gasteiger partial charge in [0.15, 0.2) is 0 Å². The van der Waals surface area contributed by atoms with Gasteiger partial charge in [-0.2, -0.15) is 0 Å². The molecule has 0 saturated carbocycles. The van der Waals surface area contributed by atoms with E-state index in [0.29, 0.717) is 10.9 Å². The fourth-order valence-electron chi connectivity index (χ4n) is 1.30. The number of aromatic nitrogens is 3. The molecule has 2 rings (SSSR count). The molecule has 1 aromatic carbocycles. The third kappa shape index (κ3) is 3.85. The maximum atomic E-state index is 11.0. The predicted octanol–water partition coefficient (Wildman–Crippen LogP) is 1.40. The van der Waals surface area contributed by atoms with Crippen LogP contribution in [0.25, 0.3) is 5.69 Å². The van der Waals surface area contributed by atoms with Crippen LogP contribution >= 0.6 is 11.8 Å². The number of nitrogens with zero attached hydrogens (tertiary/aromatic N) is 3. The Morgan fingerprint density at radius 3 is 2.67 bits per heavy atom. The van der Waals surface area contributed by atoms with E-state index in [2.05, 4.69) is 10.1 Å². The first-order chi connectivity index (χ1) is 8.54. The summed E-state index contributed by atoms with van der Waals surface area (Å²) in [6, 6.07) is 9.64. The highest BCUT2D eigenvalue weighted by Gasteiger charge is 2.06. The number of hydrogen-bond acceptors (Lipinski definition) is 5. The van der Waals surface area contributed by atoms with Crippen molar-refractivity contribution in [3.8, 4) is 5.69 Å². The molecule has 0 spiro atoms. The summed E-state index contributed by atoms with van der Waals surface area (Å²) in [5.74, 6) is 0.606. The second kappa shape index (κ2) is 5.53. The van der Waals surface area contributed by atoms with Crippen LogP contribution in [0.15, 0.2) is 41.8 Å². The van der Waals surface area contributed by atoms with E-state index >= 15 is 0 Å². The lowest BCUT2D eigenvalue weighted by Crippen LogP contribution is -2.05. The van der Waals surface area contributed by atoms with Gasteiger partial charge < -0.3 is 0 Å². The Labute approximate surface area is 110 Å². The summed E-state index contributed by atoms with van der Waals surface area (Å²) in [5, 5.41) is 4.86. The van der Waals surface area contributed by atoms with Crippen molar-refractivity contribution < 1.29 is 8.42 Å². The van der Waals surface area contributed by atoms with Gasteiger partial charge >= 0.3 is 0 Å². The highest BCUT2D eigenvalue weighted by atomic mass is 32.2. The summed E-state index contributed by atoms with van der Waals surface area (Å²) < 4.78 is 23.6. The van der Waals surface area contributed by atoms with Crippen molar-refractivity contribution in [3.63, 3.8) is 0 Å². The van der Waals surface area contributed by atoms with Crippen LogP contribution in [0, 0.1) is 0 Å². The first-order valence-electron chi connectivity index (χ1n) is 5.32. The van der Waals surface area contributed by atoms with Crippen molar-refractivity contribution in [2.45, 2.75) is 5.16 Å². The molecular weight excluding hydrogens is 270 g/mol. The SMILES string of the molecule is CS(=O)(=O)CCSc1ncn(-c2ccccc2)n1. The molecule has 1 heterocycles. The van der Waals surface area contributed by atoms with Crippen molar-refractivity contribution in [2.75, 3.05) is 17.8 Å². The molecular formula is C11H13N3O2S2. The zero-order valence-corrected chi connectivity index (χ0v) is 11.5. The third-order valence-electron chi connectivity index (χ3n) is 2.18. The van der Waals surface area contributed by atoms with Gasteiger partial charge in [0.05, 0.1) is 11.4 Å². The normalized spacial score (nSPS) is 11.6. The van der Waals surface area contributed by atoms with E-state index in [-0.39, 0.29) is 5.75 Å². The van der Waals surface area contributed by atoms with Gasteiger partial charge in [-0.05, 0) is 12.1 Å². The largest absolute Gasteiger partial charge is 0.229 e. The van der Waals surface area contributed by atoms with E-state index in [1.54, 1.807) is 11.0 Å². The summed E-state index contributed by atoms with van der Waals surface area (Å²) >= 11 is 1.34. The minimum absolute atomic E-state index is 0.136. The molecule has 0 N–H and O–H groups in total. The minimum Gasteiger partial charge on any atom is -0.229 e. The van der Waals surface area contributed by atoms with E-state index in [4.69, 9.17) is 0 Å². The third-order valence-corrected chi connectivity index (χ3v) is 4.23. The highest BCUT2D eigenvalue weighted by Crippen LogP contribution is 2.14. The molecule has 18 heavy (non-hydrogen) atoms. The molecule has 0 aliphatic rings. The summed E-state index contributed by atoms with van der Waals surface area (Å²) in [7, 11) is -2.92. The lowest BCUT2D eigenvalue weighted by molar-refractivity contribution is 0.603. The molecule has 2 aromatic rings. The zero-order valence-electron chi connectivity index (χ0n) is 9.85. The maximum absolute atomic E-state index is 11.0. The van der Waals surface area contributed by atoms with Gasteiger partial charge in [-0.1, -0.05) is 30.0 Å². The molecule has 0 atom stereocenters. The van der Waals surface area contributed by atoms with Crippen molar-refractivity contribution in [1.29, 1.82) is 0 Å². The van der Waals surface area contributed by atoms with Crippen LogP contribution in [0.2, 0.25) is 0 Å². The molecule has 0 aliphatic heterocycles. The fourth-order valence-corrected chi connectivity index (χ4v) is 3.30. The molecule has 0 amide bonds. The van der Waals surface area contributed by atoms with Crippen LogP contribution in [-0.2, 0) is 9.84 Å². The molecule has 0 radical (unpaired) electrons. The number of sulfone groups is 1. The van der Waals surface area contributed by atoms with Gasteiger partial charge in [0.2, 0.25) is 5.16 Å². The summed E-state index contributed by atoms with van der Waals surface area (Å²) in [6.07, 6.45) is 2.85. The van der Waals surface area contributed by atoms with Gasteiger partial charge in [-0.3, -0.25) is 0 Å².